The van der Waals surface area contributed by atoms with Crippen LogP contribution in [0.25, 0.3) is 0 Å². The molecule has 2 N–H and O–H groups in total. The molecule has 30 heavy (non-hydrogen) atoms. The van der Waals surface area contributed by atoms with Gasteiger partial charge in [-0.3, -0.25) is 9.69 Å². The van der Waals surface area contributed by atoms with E-state index in [0.717, 1.165) is 39.0 Å². The van der Waals surface area contributed by atoms with Crippen molar-refractivity contribution >= 4 is 5.91 Å². The van der Waals surface area contributed by atoms with Crippen LogP contribution in [0.2, 0.25) is 0 Å². The summed E-state index contributed by atoms with van der Waals surface area (Å²) in [4.78, 5) is 16.4. The standard InChI is InChI=1S/C25H48N2O3/c1-2-3-4-5-6-7-8-9-10-11-12-13-14-15-16-17-25(30)27-20-18-26(19-21-27)22-24(29)23-28/h9-10,24,28-29H,2-8,11-23H2,1H3/b10-9-. The number of nitrogens with zero attached hydrogens (tertiary/aromatic N) is 2. The Balaban J connectivity index is 1.89. The van der Waals surface area contributed by atoms with Crippen molar-refractivity contribution in [2.75, 3.05) is 39.3 Å². The van der Waals surface area contributed by atoms with Gasteiger partial charge in [-0.05, 0) is 32.1 Å². The van der Waals surface area contributed by atoms with Crippen LogP contribution >= 0.6 is 0 Å². The van der Waals surface area contributed by atoms with Crippen molar-refractivity contribution in [3.05, 3.63) is 12.2 Å². The van der Waals surface area contributed by atoms with Crippen molar-refractivity contribution < 1.29 is 15.0 Å². The zero-order chi connectivity index (χ0) is 21.9. The molecule has 5 nitrogen and oxygen atoms in total. The van der Waals surface area contributed by atoms with Gasteiger partial charge in [-0.2, -0.15) is 0 Å². The number of aliphatic hydroxyl groups excluding tert-OH is 2. The fourth-order valence-electron chi connectivity index (χ4n) is 4.04. The molecule has 0 aromatic carbocycles. The lowest BCUT2D eigenvalue weighted by Gasteiger charge is -2.35. The van der Waals surface area contributed by atoms with Gasteiger partial charge < -0.3 is 15.1 Å². The third kappa shape index (κ3) is 14.2. The number of carbonyl (C=O) groups excluding carboxylic acids is 1. The van der Waals surface area contributed by atoms with Crippen LogP contribution in [0.3, 0.4) is 0 Å². The molecule has 0 bridgehead atoms. The van der Waals surface area contributed by atoms with Gasteiger partial charge >= 0.3 is 0 Å². The molecular weight excluding hydrogens is 376 g/mol. The van der Waals surface area contributed by atoms with E-state index < -0.39 is 6.10 Å². The first-order valence-electron chi connectivity index (χ1n) is 12.6. The summed E-state index contributed by atoms with van der Waals surface area (Å²) in [7, 11) is 0. The Morgan fingerprint density at radius 2 is 1.37 bits per heavy atom. The Bertz CT molecular complexity index is 434. The van der Waals surface area contributed by atoms with Gasteiger partial charge in [0.15, 0.2) is 0 Å². The lowest BCUT2D eigenvalue weighted by molar-refractivity contribution is -0.133. The maximum Gasteiger partial charge on any atom is 0.222 e. The van der Waals surface area contributed by atoms with Crippen molar-refractivity contribution in [1.82, 2.24) is 9.80 Å². The largest absolute Gasteiger partial charge is 0.394 e. The van der Waals surface area contributed by atoms with Crippen LogP contribution in [0.15, 0.2) is 12.2 Å². The summed E-state index contributed by atoms with van der Waals surface area (Å²) in [6.07, 6.45) is 21.3. The molecule has 1 aliphatic heterocycles. The van der Waals surface area contributed by atoms with Crippen molar-refractivity contribution in [1.29, 1.82) is 0 Å². The number of piperazine rings is 1. The van der Waals surface area contributed by atoms with Gasteiger partial charge in [0.2, 0.25) is 5.91 Å². The quantitative estimate of drug-likeness (QED) is 0.251. The predicted octanol–water partition coefficient (Wildman–Crippen LogP) is 4.52. The van der Waals surface area contributed by atoms with Crippen LogP contribution in [0.1, 0.15) is 96.8 Å². The van der Waals surface area contributed by atoms with E-state index in [4.69, 9.17) is 5.11 Å². The average Bonchev–Trinajstić information content (AvgIpc) is 2.76. The Kier molecular flexibility index (Phi) is 17.0. The van der Waals surface area contributed by atoms with Crippen molar-refractivity contribution in [3.8, 4) is 0 Å². The fourth-order valence-corrected chi connectivity index (χ4v) is 4.04. The summed E-state index contributed by atoms with van der Waals surface area (Å²) in [5.41, 5.74) is 0. The highest BCUT2D eigenvalue weighted by atomic mass is 16.3. The number of hydrogen-bond acceptors (Lipinski definition) is 4. The minimum atomic E-state index is -0.678. The molecule has 5 heteroatoms. The van der Waals surface area contributed by atoms with Crippen LogP contribution in [0, 0.1) is 0 Å². The van der Waals surface area contributed by atoms with Crippen LogP contribution in [0.5, 0.6) is 0 Å². The van der Waals surface area contributed by atoms with E-state index in [-0.39, 0.29) is 12.5 Å². The highest BCUT2D eigenvalue weighted by molar-refractivity contribution is 5.76. The number of β-amino-alcohol motifs (C(OH)–C–C–N with tert-alkyl or cyclic N) is 1. The number of carbonyl (C=O) groups is 1. The van der Waals surface area contributed by atoms with Crippen LogP contribution in [0.4, 0.5) is 0 Å². The zero-order valence-corrected chi connectivity index (χ0v) is 19.6. The summed E-state index contributed by atoms with van der Waals surface area (Å²) in [5.74, 6) is 0.273. The van der Waals surface area contributed by atoms with Gasteiger partial charge in [-0.25, -0.2) is 0 Å². The van der Waals surface area contributed by atoms with Crippen molar-refractivity contribution in [3.63, 3.8) is 0 Å². The second-order valence-electron chi connectivity index (χ2n) is 8.85. The Hall–Kier alpha value is -0.910. The van der Waals surface area contributed by atoms with E-state index in [1.165, 1.54) is 70.6 Å². The SMILES string of the molecule is CCCCCCCC/C=C\CCCCCCCC(=O)N1CCN(CC(O)CO)CC1. The number of hydrogen-bond donors (Lipinski definition) is 2. The first-order chi connectivity index (χ1) is 14.7. The molecule has 1 aliphatic rings. The van der Waals surface area contributed by atoms with E-state index in [9.17, 15) is 9.90 Å². The first-order valence-corrected chi connectivity index (χ1v) is 12.6. The van der Waals surface area contributed by atoms with Crippen molar-refractivity contribution in [2.45, 2.75) is 103 Å². The van der Waals surface area contributed by atoms with Gasteiger partial charge in [0.1, 0.15) is 0 Å². The van der Waals surface area contributed by atoms with Gasteiger partial charge in [-0.1, -0.05) is 70.4 Å². The molecule has 0 aromatic heterocycles. The molecule has 1 heterocycles. The molecule has 1 unspecified atom stereocenters. The summed E-state index contributed by atoms with van der Waals surface area (Å²) >= 11 is 0. The third-order valence-corrected chi connectivity index (χ3v) is 6.06. The number of allylic oxidation sites excluding steroid dienone is 2. The van der Waals surface area contributed by atoms with Gasteiger partial charge in [0.05, 0.1) is 12.7 Å². The lowest BCUT2D eigenvalue weighted by atomic mass is 10.1. The summed E-state index contributed by atoms with van der Waals surface area (Å²) < 4.78 is 0. The Morgan fingerprint density at radius 1 is 0.833 bits per heavy atom. The number of rotatable bonds is 18. The maximum atomic E-state index is 12.3. The molecule has 0 aliphatic carbocycles. The van der Waals surface area contributed by atoms with E-state index in [2.05, 4.69) is 24.0 Å². The lowest BCUT2D eigenvalue weighted by Crippen LogP contribution is -2.50. The third-order valence-electron chi connectivity index (χ3n) is 6.06. The molecule has 0 radical (unpaired) electrons. The van der Waals surface area contributed by atoms with E-state index in [1.807, 2.05) is 4.90 Å². The molecule has 1 fully saturated rings. The summed E-state index contributed by atoms with van der Waals surface area (Å²) in [5, 5.41) is 18.4. The number of aliphatic hydroxyl groups is 2. The molecule has 1 saturated heterocycles. The molecule has 176 valence electrons. The molecular formula is C25H48N2O3. The van der Waals surface area contributed by atoms with E-state index in [0.29, 0.717) is 13.0 Å². The zero-order valence-electron chi connectivity index (χ0n) is 19.6. The minimum Gasteiger partial charge on any atom is -0.394 e. The maximum absolute atomic E-state index is 12.3. The van der Waals surface area contributed by atoms with E-state index in [1.54, 1.807) is 0 Å². The van der Waals surface area contributed by atoms with Gasteiger partial charge in [0, 0.05) is 39.1 Å². The molecule has 1 rings (SSSR count). The van der Waals surface area contributed by atoms with Gasteiger partial charge in [-0.15, -0.1) is 0 Å². The summed E-state index contributed by atoms with van der Waals surface area (Å²) in [6.45, 7) is 5.61. The van der Waals surface area contributed by atoms with E-state index >= 15 is 0 Å². The Labute approximate surface area is 185 Å². The molecule has 1 amide bonds. The molecule has 0 spiro atoms. The van der Waals surface area contributed by atoms with Crippen LogP contribution in [-0.4, -0.2) is 71.4 Å². The average molecular weight is 425 g/mol. The monoisotopic (exact) mass is 424 g/mol. The van der Waals surface area contributed by atoms with Crippen LogP contribution < -0.4 is 0 Å². The first kappa shape index (κ1) is 27.1. The van der Waals surface area contributed by atoms with Crippen LogP contribution in [-0.2, 0) is 4.79 Å². The molecule has 0 saturated carbocycles. The molecule has 0 aromatic rings. The van der Waals surface area contributed by atoms with Gasteiger partial charge in [0.25, 0.3) is 0 Å². The highest BCUT2D eigenvalue weighted by Crippen LogP contribution is 2.12. The highest BCUT2D eigenvalue weighted by Gasteiger charge is 2.21. The summed E-state index contributed by atoms with van der Waals surface area (Å²) in [6, 6.07) is 0. The minimum absolute atomic E-state index is 0.200. The second kappa shape index (κ2) is 18.8. The van der Waals surface area contributed by atoms with Crippen molar-refractivity contribution in [2.24, 2.45) is 0 Å². The number of amides is 1. The normalized spacial score (nSPS) is 16.4. The predicted molar refractivity (Wildman–Crippen MR) is 126 cm³/mol. The number of unbranched alkanes of at least 4 members (excludes halogenated alkanes) is 11. The second-order valence-corrected chi connectivity index (χ2v) is 8.85. The topological polar surface area (TPSA) is 64.0 Å². The molecule has 1 atom stereocenters. The fraction of sp³-hybridized carbons (Fsp3) is 0.880. The smallest absolute Gasteiger partial charge is 0.222 e. The Morgan fingerprint density at radius 3 is 1.93 bits per heavy atom.